The maximum Gasteiger partial charge on any atom is 0.156 e. The highest BCUT2D eigenvalue weighted by Gasteiger charge is 2.29. The molecule has 19 heavy (non-hydrogen) atoms. The molecule has 0 aromatic carbocycles. The molecule has 3 nitrogen and oxygen atoms in total. The predicted octanol–water partition coefficient (Wildman–Crippen LogP) is 3.39. The monoisotopic (exact) mass is 277 g/mol. The van der Waals surface area contributed by atoms with Gasteiger partial charge in [0, 0.05) is 18.5 Å². The second-order valence-electron chi connectivity index (χ2n) is 5.24. The van der Waals surface area contributed by atoms with E-state index < -0.39 is 0 Å². The summed E-state index contributed by atoms with van der Waals surface area (Å²) in [7, 11) is 0. The molecule has 1 aliphatic rings. The zero-order valence-electron chi connectivity index (χ0n) is 12.1. The van der Waals surface area contributed by atoms with Gasteiger partial charge in [0.25, 0.3) is 0 Å². The summed E-state index contributed by atoms with van der Waals surface area (Å²) in [4.78, 5) is 9.11. The van der Waals surface area contributed by atoms with Crippen LogP contribution in [0.4, 0.5) is 0 Å². The lowest BCUT2D eigenvalue weighted by Gasteiger charge is -2.33. The molecular formula is C15H23N3S. The van der Waals surface area contributed by atoms with Gasteiger partial charge >= 0.3 is 0 Å². The predicted molar refractivity (Wildman–Crippen MR) is 83.6 cm³/mol. The molecule has 0 amide bonds. The number of pyridine rings is 1. The number of rotatable bonds is 4. The lowest BCUT2D eigenvalue weighted by atomic mass is 9.84. The second kappa shape index (κ2) is 6.42. The first kappa shape index (κ1) is 14.4. The van der Waals surface area contributed by atoms with Crippen LogP contribution in [0.3, 0.4) is 0 Å². The van der Waals surface area contributed by atoms with Crippen molar-refractivity contribution in [2.24, 2.45) is 10.4 Å². The van der Waals surface area contributed by atoms with Crippen molar-refractivity contribution in [3.63, 3.8) is 0 Å². The summed E-state index contributed by atoms with van der Waals surface area (Å²) in [5, 5.41) is 4.49. The Bertz CT molecular complexity index is 452. The summed E-state index contributed by atoms with van der Waals surface area (Å²) < 4.78 is 0. The van der Waals surface area contributed by atoms with Gasteiger partial charge in [-0.2, -0.15) is 0 Å². The van der Waals surface area contributed by atoms with E-state index in [2.05, 4.69) is 37.1 Å². The molecule has 0 bridgehead atoms. The Morgan fingerprint density at radius 3 is 2.74 bits per heavy atom. The summed E-state index contributed by atoms with van der Waals surface area (Å²) in [5.74, 6) is 1.17. The van der Waals surface area contributed by atoms with Gasteiger partial charge in [-0.3, -0.25) is 9.98 Å². The van der Waals surface area contributed by atoms with E-state index in [-0.39, 0.29) is 0 Å². The fraction of sp³-hybridized carbons (Fsp3) is 0.600. The van der Waals surface area contributed by atoms with Crippen molar-refractivity contribution in [3.8, 4) is 0 Å². The smallest absolute Gasteiger partial charge is 0.156 e. The van der Waals surface area contributed by atoms with Gasteiger partial charge in [-0.25, -0.2) is 0 Å². The van der Waals surface area contributed by atoms with Crippen molar-refractivity contribution in [3.05, 3.63) is 29.6 Å². The molecule has 2 heterocycles. The van der Waals surface area contributed by atoms with E-state index in [9.17, 15) is 0 Å². The van der Waals surface area contributed by atoms with Gasteiger partial charge in [0.05, 0.1) is 12.2 Å². The van der Waals surface area contributed by atoms with Crippen molar-refractivity contribution >= 4 is 16.9 Å². The summed E-state index contributed by atoms with van der Waals surface area (Å²) in [6, 6.07) is 4.07. The van der Waals surface area contributed by atoms with Crippen molar-refractivity contribution in [1.29, 1.82) is 0 Å². The fourth-order valence-corrected chi connectivity index (χ4v) is 3.47. The van der Waals surface area contributed by atoms with E-state index in [0.29, 0.717) is 5.41 Å². The minimum Gasteiger partial charge on any atom is -0.359 e. The van der Waals surface area contributed by atoms with E-state index in [0.717, 1.165) is 24.0 Å². The molecule has 0 radical (unpaired) electrons. The summed E-state index contributed by atoms with van der Waals surface area (Å²) in [6.07, 6.45) is 4.28. The average molecular weight is 277 g/mol. The van der Waals surface area contributed by atoms with Crippen LogP contribution in [0.15, 0.2) is 23.3 Å². The Labute approximate surface area is 120 Å². The number of thioether (sulfide) groups is 1. The van der Waals surface area contributed by atoms with Crippen LogP contribution in [0.1, 0.15) is 37.9 Å². The normalized spacial score (nSPS) is 17.9. The van der Waals surface area contributed by atoms with Gasteiger partial charge in [-0.1, -0.05) is 31.7 Å². The number of nitrogens with zero attached hydrogens (tertiary/aromatic N) is 2. The maximum atomic E-state index is 4.71. The number of nitrogens with one attached hydrogen (secondary N) is 1. The Hall–Kier alpha value is -1.03. The lowest BCUT2D eigenvalue weighted by Crippen LogP contribution is -2.34. The fourth-order valence-electron chi connectivity index (χ4n) is 2.20. The van der Waals surface area contributed by atoms with Crippen LogP contribution in [0, 0.1) is 12.3 Å². The molecule has 0 spiro atoms. The molecule has 0 saturated carbocycles. The number of aryl methyl sites for hydroxylation is 1. The number of aliphatic imine (C=N–C) groups is 1. The van der Waals surface area contributed by atoms with Crippen LogP contribution in [0.25, 0.3) is 0 Å². The van der Waals surface area contributed by atoms with E-state index in [1.54, 1.807) is 0 Å². The van der Waals surface area contributed by atoms with Crippen molar-refractivity contribution in [1.82, 2.24) is 10.3 Å². The number of hydrogen-bond donors (Lipinski definition) is 1. The van der Waals surface area contributed by atoms with E-state index in [1.807, 2.05) is 24.0 Å². The third-order valence-corrected chi connectivity index (χ3v) is 5.40. The summed E-state index contributed by atoms with van der Waals surface area (Å²) in [6.45, 7) is 8.36. The topological polar surface area (TPSA) is 37.3 Å². The number of amidine groups is 1. The standard InChI is InChI=1S/C15H23N3S/c1-4-15(5-2)10-18-14(19-11-15)17-9-13-12(3)7-6-8-16-13/h6-8H,4-5,9-11H2,1-3H3,(H,17,18). The van der Waals surface area contributed by atoms with Crippen LogP contribution in [0.5, 0.6) is 0 Å². The minimum atomic E-state index is 0.413. The zero-order valence-corrected chi connectivity index (χ0v) is 12.9. The molecule has 0 fully saturated rings. The van der Waals surface area contributed by atoms with Gasteiger partial charge in [-0.05, 0) is 36.8 Å². The van der Waals surface area contributed by atoms with Gasteiger partial charge in [0.2, 0.25) is 0 Å². The van der Waals surface area contributed by atoms with E-state index >= 15 is 0 Å². The highest BCUT2D eigenvalue weighted by Crippen LogP contribution is 2.34. The van der Waals surface area contributed by atoms with Gasteiger partial charge in [0.15, 0.2) is 5.17 Å². The Kier molecular flexibility index (Phi) is 4.86. The molecule has 2 rings (SSSR count). The lowest BCUT2D eigenvalue weighted by molar-refractivity contribution is 0.318. The van der Waals surface area contributed by atoms with Crippen molar-refractivity contribution < 1.29 is 0 Å². The quantitative estimate of drug-likeness (QED) is 0.916. The van der Waals surface area contributed by atoms with Crippen molar-refractivity contribution in [2.75, 3.05) is 12.3 Å². The molecule has 0 unspecified atom stereocenters. The van der Waals surface area contributed by atoms with Crippen LogP contribution in [0.2, 0.25) is 0 Å². The number of hydrogen-bond acceptors (Lipinski definition) is 4. The van der Waals surface area contributed by atoms with Crippen LogP contribution >= 0.6 is 11.8 Å². The van der Waals surface area contributed by atoms with Gasteiger partial charge in [-0.15, -0.1) is 0 Å². The molecule has 0 saturated heterocycles. The van der Waals surface area contributed by atoms with Crippen LogP contribution < -0.4 is 5.32 Å². The second-order valence-corrected chi connectivity index (χ2v) is 6.20. The first-order valence-electron chi connectivity index (χ1n) is 7.01. The van der Waals surface area contributed by atoms with Gasteiger partial charge in [0.1, 0.15) is 0 Å². The molecule has 104 valence electrons. The molecule has 1 aromatic heterocycles. The van der Waals surface area contributed by atoms with E-state index in [1.165, 1.54) is 24.2 Å². The molecule has 0 atom stereocenters. The summed E-state index contributed by atoms with van der Waals surface area (Å²) >= 11 is 1.86. The molecule has 0 aliphatic carbocycles. The highest BCUT2D eigenvalue weighted by atomic mass is 32.2. The summed E-state index contributed by atoms with van der Waals surface area (Å²) in [5.41, 5.74) is 2.75. The number of aromatic nitrogens is 1. The first-order valence-corrected chi connectivity index (χ1v) is 7.99. The van der Waals surface area contributed by atoms with E-state index in [4.69, 9.17) is 4.99 Å². The Morgan fingerprint density at radius 2 is 2.16 bits per heavy atom. The third kappa shape index (κ3) is 3.50. The minimum absolute atomic E-state index is 0.413. The SMILES string of the molecule is CCC1(CC)CN=C(NCc2ncccc2C)SC1. The van der Waals surface area contributed by atoms with Gasteiger partial charge < -0.3 is 5.32 Å². The average Bonchev–Trinajstić information content (AvgIpc) is 2.47. The van der Waals surface area contributed by atoms with Crippen molar-refractivity contribution in [2.45, 2.75) is 40.2 Å². The molecule has 1 aliphatic heterocycles. The van der Waals surface area contributed by atoms with Crippen LogP contribution in [-0.4, -0.2) is 22.4 Å². The highest BCUT2D eigenvalue weighted by molar-refractivity contribution is 8.13. The first-order chi connectivity index (χ1) is 9.19. The molecule has 1 aromatic rings. The maximum absolute atomic E-state index is 4.71. The molecule has 4 heteroatoms. The Balaban J connectivity index is 1.92. The largest absolute Gasteiger partial charge is 0.359 e. The molecule has 1 N–H and O–H groups in total. The zero-order chi connectivity index (χ0) is 13.7. The van der Waals surface area contributed by atoms with Crippen LogP contribution in [-0.2, 0) is 6.54 Å². The Morgan fingerprint density at radius 1 is 1.37 bits per heavy atom. The molecular weight excluding hydrogens is 254 g/mol. The third-order valence-electron chi connectivity index (χ3n) is 4.10.